The molecule has 0 atom stereocenters. The van der Waals surface area contributed by atoms with E-state index in [-0.39, 0.29) is 32.6 Å². The van der Waals surface area contributed by atoms with Crippen LogP contribution in [0.3, 0.4) is 0 Å². The smallest absolute Gasteiger partial charge is 0.182 e. The van der Waals surface area contributed by atoms with Crippen LogP contribution in [0.4, 0.5) is 0 Å². The van der Waals surface area contributed by atoms with E-state index in [9.17, 15) is 14.7 Å². The van der Waals surface area contributed by atoms with E-state index in [1.54, 1.807) is 18.2 Å². The number of aromatic nitrogens is 1. The molecule has 0 fully saturated rings. The zero-order chi connectivity index (χ0) is 26.4. The molecule has 0 unspecified atom stereocenters. The Morgan fingerprint density at radius 1 is 0.684 bits per heavy atom. The van der Waals surface area contributed by atoms with Gasteiger partial charge in [0.05, 0.1) is 26.7 Å². The van der Waals surface area contributed by atoms with Gasteiger partial charge in [-0.2, -0.15) is 0 Å². The number of hydrogen-bond acceptors (Lipinski definition) is 6. The van der Waals surface area contributed by atoms with Gasteiger partial charge in [0, 0.05) is 25.0 Å². The van der Waals surface area contributed by atoms with Crippen LogP contribution in [0.1, 0.15) is 32.3 Å². The summed E-state index contributed by atoms with van der Waals surface area (Å²) in [5, 5.41) is 11.8. The highest BCUT2D eigenvalue weighted by molar-refractivity contribution is 8.02. The Bertz CT molecular complexity index is 1660. The lowest BCUT2D eigenvalue weighted by molar-refractivity contribution is 0.0886. The molecule has 186 valence electrons. The number of halogens is 2. The topological polar surface area (TPSA) is 67.3 Å². The zero-order valence-corrected chi connectivity index (χ0v) is 22.7. The van der Waals surface area contributed by atoms with E-state index in [2.05, 4.69) is 4.98 Å². The highest BCUT2D eigenvalue weighted by atomic mass is 35.5. The summed E-state index contributed by atoms with van der Waals surface area (Å²) in [7, 11) is 0. The molecule has 0 aliphatic heterocycles. The molecule has 4 nitrogen and oxygen atoms in total. The first kappa shape index (κ1) is 25.0. The van der Waals surface area contributed by atoms with Crippen molar-refractivity contribution < 1.29 is 14.7 Å². The molecule has 4 aromatic carbocycles. The van der Waals surface area contributed by atoms with Gasteiger partial charge in [-0.1, -0.05) is 101 Å². The monoisotopic (exact) mass is 573 g/mol. The fourth-order valence-electron chi connectivity index (χ4n) is 4.49. The van der Waals surface area contributed by atoms with E-state index in [0.29, 0.717) is 20.7 Å². The molecular formula is C30H17Cl2NO3S2. The van der Waals surface area contributed by atoms with Crippen molar-refractivity contribution in [1.29, 1.82) is 0 Å². The molecule has 8 heteroatoms. The van der Waals surface area contributed by atoms with Gasteiger partial charge >= 0.3 is 0 Å². The van der Waals surface area contributed by atoms with Crippen molar-refractivity contribution in [1.82, 2.24) is 4.98 Å². The summed E-state index contributed by atoms with van der Waals surface area (Å²) in [6.07, 6.45) is 0. The highest BCUT2D eigenvalue weighted by Gasteiger charge is 2.46. The summed E-state index contributed by atoms with van der Waals surface area (Å²) in [6.45, 7) is 0. The number of para-hydroxylation sites is 1. The maximum Gasteiger partial charge on any atom is 0.182 e. The number of nitrogens with zero attached hydrogens (tertiary/aromatic N) is 1. The second kappa shape index (κ2) is 10.1. The van der Waals surface area contributed by atoms with Crippen molar-refractivity contribution in [3.05, 3.63) is 118 Å². The first-order valence-electron chi connectivity index (χ1n) is 11.6. The van der Waals surface area contributed by atoms with Gasteiger partial charge in [-0.3, -0.25) is 9.59 Å². The predicted octanol–water partition coefficient (Wildman–Crippen LogP) is 8.71. The lowest BCUT2D eigenvalue weighted by Crippen LogP contribution is -2.15. The number of carbonyl (C=O) groups excluding carboxylic acids is 2. The molecular weight excluding hydrogens is 557 g/mol. The van der Waals surface area contributed by atoms with Gasteiger partial charge in [0.2, 0.25) is 0 Å². The van der Waals surface area contributed by atoms with E-state index in [0.717, 1.165) is 9.79 Å². The fraction of sp³-hybridized carbons (Fsp3) is 0.0333. The Labute approximate surface area is 237 Å². The molecule has 1 heterocycles. The number of ketones is 2. The lowest BCUT2D eigenvalue weighted by atomic mass is 9.97. The molecule has 6 rings (SSSR count). The van der Waals surface area contributed by atoms with Gasteiger partial charge < -0.3 is 5.11 Å². The van der Waals surface area contributed by atoms with E-state index >= 15 is 0 Å². The standard InChI is InChI=1S/C30H17Cl2NO3S2/c31-24-21-22(28(36)23(27(21)35)26-20(34)15-16-9-7-8-14-19(16)33-26)25(32)30(38-18-12-5-2-6-13-18)29(24)37-17-10-3-1-4-11-17/h1-15,23,34H. The van der Waals surface area contributed by atoms with Crippen LogP contribution in [-0.2, 0) is 0 Å². The van der Waals surface area contributed by atoms with Gasteiger partial charge in [0.15, 0.2) is 11.6 Å². The number of pyridine rings is 1. The molecule has 0 spiro atoms. The van der Waals surface area contributed by atoms with Crippen molar-refractivity contribution >= 4 is 69.2 Å². The third kappa shape index (κ3) is 4.28. The number of benzene rings is 4. The molecule has 38 heavy (non-hydrogen) atoms. The molecule has 1 aliphatic carbocycles. The average Bonchev–Trinajstić information content (AvgIpc) is 3.20. The SMILES string of the molecule is O=C1c2c(Cl)c(Sc3ccccc3)c(Sc3ccccc3)c(Cl)c2C(=O)C1c1nc2ccccc2cc1O. The Balaban J connectivity index is 1.54. The summed E-state index contributed by atoms with van der Waals surface area (Å²) >= 11 is 16.7. The van der Waals surface area contributed by atoms with Crippen LogP contribution in [0.15, 0.2) is 111 Å². The largest absolute Gasteiger partial charge is 0.506 e. The molecule has 0 saturated carbocycles. The summed E-state index contributed by atoms with van der Waals surface area (Å²) in [5.74, 6) is -2.62. The van der Waals surface area contributed by atoms with Crippen LogP contribution < -0.4 is 0 Å². The molecule has 1 N–H and O–H groups in total. The first-order chi connectivity index (χ1) is 18.4. The maximum absolute atomic E-state index is 13.8. The molecule has 0 bridgehead atoms. The normalized spacial score (nSPS) is 13.3. The van der Waals surface area contributed by atoms with Crippen molar-refractivity contribution in [3.63, 3.8) is 0 Å². The first-order valence-corrected chi connectivity index (χ1v) is 14.0. The van der Waals surface area contributed by atoms with Crippen molar-refractivity contribution in [2.75, 3.05) is 0 Å². The van der Waals surface area contributed by atoms with Crippen molar-refractivity contribution in [2.45, 2.75) is 25.5 Å². The Morgan fingerprint density at radius 3 is 1.68 bits per heavy atom. The lowest BCUT2D eigenvalue weighted by Gasteiger charge is -2.16. The second-order valence-electron chi connectivity index (χ2n) is 8.61. The summed E-state index contributed by atoms with van der Waals surface area (Å²) in [4.78, 5) is 35.1. The van der Waals surface area contributed by atoms with Crippen LogP contribution in [-0.4, -0.2) is 21.7 Å². The minimum absolute atomic E-state index is 0.00319. The quantitative estimate of drug-likeness (QED) is 0.212. The third-order valence-corrected chi connectivity index (χ3v) is 9.59. The molecule has 5 aromatic rings. The maximum atomic E-state index is 13.8. The van der Waals surface area contributed by atoms with Crippen LogP contribution in [0.25, 0.3) is 10.9 Å². The van der Waals surface area contributed by atoms with Crippen molar-refractivity contribution in [2.24, 2.45) is 0 Å². The fourth-order valence-corrected chi connectivity index (χ4v) is 7.48. The number of rotatable bonds is 5. The number of aromatic hydroxyl groups is 1. The summed E-state index contributed by atoms with van der Waals surface area (Å²) in [6, 6.07) is 27.9. The van der Waals surface area contributed by atoms with Crippen LogP contribution in [0, 0.1) is 0 Å². The number of fused-ring (bicyclic) bond motifs is 2. The summed E-state index contributed by atoms with van der Waals surface area (Å²) in [5.41, 5.74) is 0.694. The molecule has 0 saturated heterocycles. The highest BCUT2D eigenvalue weighted by Crippen LogP contribution is 2.53. The average molecular weight is 575 g/mol. The van der Waals surface area contributed by atoms with Crippen LogP contribution >= 0.6 is 46.7 Å². The van der Waals surface area contributed by atoms with E-state index in [1.165, 1.54) is 29.6 Å². The third-order valence-electron chi connectivity index (χ3n) is 6.24. The Kier molecular flexibility index (Phi) is 6.66. The van der Waals surface area contributed by atoms with Gasteiger partial charge in [0.1, 0.15) is 17.4 Å². The Morgan fingerprint density at radius 2 is 1.16 bits per heavy atom. The van der Waals surface area contributed by atoms with E-state index in [1.807, 2.05) is 66.7 Å². The van der Waals surface area contributed by atoms with Gasteiger partial charge in [-0.05, 0) is 36.4 Å². The second-order valence-corrected chi connectivity index (χ2v) is 11.5. The minimum atomic E-state index is -1.34. The van der Waals surface area contributed by atoms with Crippen LogP contribution in [0.5, 0.6) is 5.75 Å². The zero-order valence-electron chi connectivity index (χ0n) is 19.5. The Hall–Kier alpha value is -3.29. The number of hydrogen-bond donors (Lipinski definition) is 1. The molecule has 1 aliphatic rings. The van der Waals surface area contributed by atoms with Crippen LogP contribution in [0.2, 0.25) is 10.0 Å². The van der Waals surface area contributed by atoms with Gasteiger partial charge in [-0.15, -0.1) is 0 Å². The molecule has 0 amide bonds. The number of carbonyl (C=O) groups is 2. The molecule has 1 aromatic heterocycles. The van der Waals surface area contributed by atoms with Gasteiger partial charge in [-0.25, -0.2) is 4.98 Å². The van der Waals surface area contributed by atoms with Gasteiger partial charge in [0.25, 0.3) is 0 Å². The number of Topliss-reactive ketones (excluding diaryl/α,β-unsaturated/α-hetero) is 2. The van der Waals surface area contributed by atoms with Crippen molar-refractivity contribution in [3.8, 4) is 5.75 Å². The van der Waals surface area contributed by atoms with E-state index in [4.69, 9.17) is 23.2 Å². The minimum Gasteiger partial charge on any atom is -0.506 e. The molecule has 0 radical (unpaired) electrons. The predicted molar refractivity (Wildman–Crippen MR) is 152 cm³/mol. The summed E-state index contributed by atoms with van der Waals surface area (Å²) < 4.78 is 0. The van der Waals surface area contributed by atoms with E-state index < -0.39 is 17.5 Å².